The van der Waals surface area contributed by atoms with Gasteiger partial charge in [-0.15, -0.1) is 11.3 Å². The van der Waals surface area contributed by atoms with Crippen LogP contribution in [0.3, 0.4) is 0 Å². The molecule has 3 aromatic rings. The lowest BCUT2D eigenvalue weighted by atomic mass is 10.2. The number of aromatic nitrogens is 5. The Morgan fingerprint density at radius 2 is 2.12 bits per heavy atom. The topological polar surface area (TPSA) is 85.9 Å². The molecule has 0 aromatic carbocycles. The van der Waals surface area contributed by atoms with Crippen LogP contribution in [-0.2, 0) is 13.1 Å². The second kappa shape index (κ2) is 6.83. The lowest BCUT2D eigenvalue weighted by Gasteiger charge is -2.21. The fraction of sp³-hybridized carbons (Fsp3) is 0.353. The van der Waals surface area contributed by atoms with E-state index in [2.05, 4.69) is 15.1 Å². The minimum Gasteiger partial charge on any atom is -0.266 e. The van der Waals surface area contributed by atoms with Gasteiger partial charge in [0.15, 0.2) is 0 Å². The van der Waals surface area contributed by atoms with Crippen LogP contribution in [0.5, 0.6) is 0 Å². The fourth-order valence-electron chi connectivity index (χ4n) is 2.70. The molecule has 4 rings (SSSR count). The molecule has 8 nitrogen and oxygen atoms in total. The van der Waals surface area contributed by atoms with Crippen molar-refractivity contribution in [2.45, 2.75) is 32.9 Å². The maximum Gasteiger partial charge on any atom is 0.365 e. The highest BCUT2D eigenvalue weighted by Gasteiger charge is 2.27. The summed E-state index contributed by atoms with van der Waals surface area (Å²) >= 11 is 1.27. The summed E-state index contributed by atoms with van der Waals surface area (Å²) in [6, 6.07) is 3.64. The van der Waals surface area contributed by atoms with Gasteiger partial charge in [-0.1, -0.05) is 0 Å². The van der Waals surface area contributed by atoms with E-state index in [-0.39, 0.29) is 18.1 Å². The lowest BCUT2D eigenvalue weighted by Crippen LogP contribution is -2.46. The third kappa shape index (κ3) is 3.30. The highest BCUT2D eigenvalue weighted by molar-refractivity contribution is 7.12. The number of thiazole rings is 1. The molecule has 0 N–H and O–H groups in total. The van der Waals surface area contributed by atoms with Crippen LogP contribution in [0.1, 0.15) is 33.8 Å². The Labute approximate surface area is 153 Å². The third-order valence-electron chi connectivity index (χ3n) is 4.36. The van der Waals surface area contributed by atoms with Gasteiger partial charge in [0.1, 0.15) is 11.2 Å². The standard InChI is InChI=1S/C17H18N6O2S/c1-12-15(26-11-19-12)16(24)22(9-14-4-6-18-7-5-14)23-10-20-21(17(23)25)8-13-2-3-13/h4-7,10-11,13H,2-3,8-9H2,1H3. The van der Waals surface area contributed by atoms with E-state index >= 15 is 0 Å². The predicted octanol–water partition coefficient (Wildman–Crippen LogP) is 1.59. The molecular formula is C17H18N6O2S. The zero-order valence-corrected chi connectivity index (χ0v) is 15.1. The number of hydrogen-bond acceptors (Lipinski definition) is 6. The first-order chi connectivity index (χ1) is 12.6. The molecule has 0 unspecified atom stereocenters. The molecule has 0 radical (unpaired) electrons. The molecule has 3 aromatic heterocycles. The van der Waals surface area contributed by atoms with Crippen LogP contribution in [0.4, 0.5) is 0 Å². The highest BCUT2D eigenvalue weighted by Crippen LogP contribution is 2.29. The number of nitrogens with zero attached hydrogens (tertiary/aromatic N) is 6. The molecule has 0 bridgehead atoms. The molecule has 1 aliphatic rings. The van der Waals surface area contributed by atoms with Gasteiger partial charge in [-0.25, -0.2) is 19.5 Å². The minimum atomic E-state index is -0.304. The molecule has 0 saturated heterocycles. The van der Waals surface area contributed by atoms with Crippen LogP contribution in [0.15, 0.2) is 41.2 Å². The monoisotopic (exact) mass is 370 g/mol. The second-order valence-electron chi connectivity index (χ2n) is 6.37. The van der Waals surface area contributed by atoms with E-state index in [1.807, 2.05) is 12.1 Å². The molecule has 3 heterocycles. The van der Waals surface area contributed by atoms with Crippen LogP contribution in [-0.4, -0.2) is 30.3 Å². The summed E-state index contributed by atoms with van der Waals surface area (Å²) in [6.45, 7) is 2.63. The Balaban J connectivity index is 1.70. The van der Waals surface area contributed by atoms with Gasteiger partial charge >= 0.3 is 5.69 Å². The normalized spacial score (nSPS) is 13.7. The molecule has 1 fully saturated rings. The Kier molecular flexibility index (Phi) is 4.37. The van der Waals surface area contributed by atoms with Gasteiger partial charge in [0.2, 0.25) is 0 Å². The zero-order valence-electron chi connectivity index (χ0n) is 14.3. The number of carbonyl (C=O) groups is 1. The Morgan fingerprint density at radius 1 is 1.35 bits per heavy atom. The van der Waals surface area contributed by atoms with Gasteiger partial charge in [-0.3, -0.25) is 9.78 Å². The molecule has 0 atom stereocenters. The number of pyridine rings is 1. The average molecular weight is 370 g/mol. The zero-order chi connectivity index (χ0) is 18.1. The molecule has 0 aliphatic heterocycles. The second-order valence-corrected chi connectivity index (χ2v) is 7.22. The van der Waals surface area contributed by atoms with Crippen LogP contribution in [0, 0.1) is 12.8 Å². The smallest absolute Gasteiger partial charge is 0.266 e. The molecule has 9 heteroatoms. The van der Waals surface area contributed by atoms with Gasteiger partial charge in [-0.05, 0) is 43.4 Å². The van der Waals surface area contributed by atoms with Crippen molar-refractivity contribution in [3.05, 3.63) is 63.0 Å². The van der Waals surface area contributed by atoms with Gasteiger partial charge < -0.3 is 0 Å². The number of hydrogen-bond donors (Lipinski definition) is 0. The number of rotatable bonds is 6. The molecule has 1 saturated carbocycles. The molecule has 134 valence electrons. The van der Waals surface area contributed by atoms with E-state index in [1.54, 1.807) is 24.8 Å². The van der Waals surface area contributed by atoms with Gasteiger partial charge in [0.25, 0.3) is 5.91 Å². The van der Waals surface area contributed by atoms with E-state index in [0.29, 0.717) is 23.0 Å². The Hall–Kier alpha value is -2.81. The van der Waals surface area contributed by atoms with E-state index in [0.717, 1.165) is 18.4 Å². The SMILES string of the molecule is Cc1ncsc1C(=O)N(Cc1ccncc1)n1cnn(CC2CC2)c1=O. The maximum absolute atomic E-state index is 13.1. The van der Waals surface area contributed by atoms with Crippen LogP contribution in [0.2, 0.25) is 0 Å². The number of aryl methyl sites for hydroxylation is 1. The van der Waals surface area contributed by atoms with Crippen LogP contribution < -0.4 is 10.7 Å². The summed E-state index contributed by atoms with van der Waals surface area (Å²) in [5.74, 6) is 0.249. The van der Waals surface area contributed by atoms with Crippen molar-refractivity contribution < 1.29 is 4.79 Å². The lowest BCUT2D eigenvalue weighted by molar-refractivity contribution is 0.0957. The summed E-state index contributed by atoms with van der Waals surface area (Å²) in [5, 5.41) is 5.60. The van der Waals surface area contributed by atoms with Crippen molar-refractivity contribution in [2.24, 2.45) is 5.92 Å². The summed E-state index contributed by atoms with van der Waals surface area (Å²) in [6.07, 6.45) is 6.99. The molecule has 26 heavy (non-hydrogen) atoms. The van der Waals surface area contributed by atoms with Crippen LogP contribution in [0.25, 0.3) is 0 Å². The van der Waals surface area contributed by atoms with Crippen molar-refractivity contribution in [2.75, 3.05) is 5.01 Å². The maximum atomic E-state index is 13.1. The summed E-state index contributed by atoms with van der Waals surface area (Å²) in [7, 11) is 0. The highest BCUT2D eigenvalue weighted by atomic mass is 32.1. The van der Waals surface area contributed by atoms with Crippen molar-refractivity contribution in [1.82, 2.24) is 24.4 Å². The first kappa shape index (κ1) is 16.6. The average Bonchev–Trinajstić information content (AvgIpc) is 3.26. The van der Waals surface area contributed by atoms with Crippen molar-refractivity contribution in [1.29, 1.82) is 0 Å². The van der Waals surface area contributed by atoms with E-state index in [9.17, 15) is 9.59 Å². The number of amides is 1. The van der Waals surface area contributed by atoms with E-state index in [1.165, 1.54) is 32.0 Å². The molecule has 1 amide bonds. The van der Waals surface area contributed by atoms with Crippen molar-refractivity contribution in [3.63, 3.8) is 0 Å². The third-order valence-corrected chi connectivity index (χ3v) is 5.28. The Bertz CT molecular complexity index is 973. The first-order valence-corrected chi connectivity index (χ1v) is 9.27. The van der Waals surface area contributed by atoms with E-state index in [4.69, 9.17) is 0 Å². The molecule has 1 aliphatic carbocycles. The van der Waals surface area contributed by atoms with Crippen LogP contribution >= 0.6 is 11.3 Å². The fourth-order valence-corrected chi connectivity index (χ4v) is 3.44. The summed E-state index contributed by atoms with van der Waals surface area (Å²) in [5.41, 5.74) is 2.85. The van der Waals surface area contributed by atoms with Gasteiger partial charge in [0.05, 0.1) is 17.7 Å². The summed E-state index contributed by atoms with van der Waals surface area (Å²) in [4.78, 5) is 34.5. The largest absolute Gasteiger partial charge is 0.365 e. The van der Waals surface area contributed by atoms with Gasteiger partial charge in [0, 0.05) is 18.9 Å². The Morgan fingerprint density at radius 3 is 2.77 bits per heavy atom. The molecular weight excluding hydrogens is 352 g/mol. The van der Waals surface area contributed by atoms with Crippen molar-refractivity contribution >= 4 is 17.2 Å². The predicted molar refractivity (Wildman–Crippen MR) is 96.6 cm³/mol. The first-order valence-electron chi connectivity index (χ1n) is 8.39. The molecule has 0 spiro atoms. The minimum absolute atomic E-state index is 0.244. The quantitative estimate of drug-likeness (QED) is 0.658. The summed E-state index contributed by atoms with van der Waals surface area (Å²) < 4.78 is 2.73. The van der Waals surface area contributed by atoms with Crippen molar-refractivity contribution in [3.8, 4) is 0 Å². The number of carbonyl (C=O) groups excluding carboxylic acids is 1. The van der Waals surface area contributed by atoms with Gasteiger partial charge in [-0.2, -0.15) is 9.77 Å². The van der Waals surface area contributed by atoms with E-state index < -0.39 is 0 Å².